The van der Waals surface area contributed by atoms with Crippen LogP contribution in [0, 0.1) is 18.8 Å². The predicted octanol–water partition coefficient (Wildman–Crippen LogP) is 3.27. The summed E-state index contributed by atoms with van der Waals surface area (Å²) in [5, 5.41) is 2.87. The molecule has 1 aromatic carbocycles. The molecule has 5 heteroatoms. The number of carbonyl (C=O) groups excluding carboxylic acids is 1. The number of nitrogens with two attached hydrogens (primary N) is 1. The summed E-state index contributed by atoms with van der Waals surface area (Å²) in [6.07, 6.45) is 0. The number of aryl methyl sites for hydroxylation is 1. The van der Waals surface area contributed by atoms with E-state index in [1.165, 1.54) is 11.3 Å². The fraction of sp³-hybridized carbons (Fsp3) is 0.133. The first-order valence-electron chi connectivity index (χ1n) is 5.96. The predicted molar refractivity (Wildman–Crippen MR) is 84.4 cm³/mol. The molecule has 0 bridgehead atoms. The fourth-order valence-corrected chi connectivity index (χ4v) is 2.55. The molecule has 0 unspecified atom stereocenters. The largest absolute Gasteiger partial charge is 0.321 e. The van der Waals surface area contributed by atoms with Crippen molar-refractivity contribution in [1.82, 2.24) is 0 Å². The minimum atomic E-state index is -0.172. The van der Waals surface area contributed by atoms with Crippen molar-refractivity contribution in [1.29, 1.82) is 0 Å². The molecule has 0 spiro atoms. The molecule has 102 valence electrons. The second-order valence-corrected chi connectivity index (χ2v) is 5.81. The highest BCUT2D eigenvalue weighted by Gasteiger charge is 2.10. The van der Waals surface area contributed by atoms with E-state index in [-0.39, 0.29) is 5.91 Å². The molecule has 0 atom stereocenters. The lowest BCUT2D eigenvalue weighted by molar-refractivity contribution is 0.103. The van der Waals surface area contributed by atoms with Gasteiger partial charge in [0, 0.05) is 11.3 Å². The minimum Gasteiger partial charge on any atom is -0.321 e. The van der Waals surface area contributed by atoms with Crippen molar-refractivity contribution in [3.05, 3.63) is 50.7 Å². The summed E-state index contributed by atoms with van der Waals surface area (Å²) in [7, 11) is 0. The first-order valence-corrected chi connectivity index (χ1v) is 7.16. The Balaban J connectivity index is 2.22. The molecule has 0 aliphatic carbocycles. The number of halogens is 1. The first kappa shape index (κ1) is 14.6. The van der Waals surface area contributed by atoms with Gasteiger partial charge in [-0.05, 0) is 36.8 Å². The molecule has 0 radical (unpaired) electrons. The molecule has 0 saturated heterocycles. The van der Waals surface area contributed by atoms with Crippen LogP contribution >= 0.6 is 22.9 Å². The zero-order valence-corrected chi connectivity index (χ0v) is 12.4. The van der Waals surface area contributed by atoms with Gasteiger partial charge in [-0.15, -0.1) is 11.3 Å². The van der Waals surface area contributed by atoms with Crippen LogP contribution in [0.25, 0.3) is 0 Å². The normalized spacial score (nSPS) is 9.75. The molecular formula is C15H13ClN2OS. The molecule has 2 rings (SSSR count). The van der Waals surface area contributed by atoms with E-state index < -0.39 is 0 Å². The topological polar surface area (TPSA) is 55.1 Å². The lowest BCUT2D eigenvalue weighted by atomic mass is 10.1. The number of amides is 1. The van der Waals surface area contributed by atoms with Gasteiger partial charge in [-0.3, -0.25) is 4.79 Å². The average Bonchev–Trinajstić information content (AvgIpc) is 2.86. The smallest absolute Gasteiger partial charge is 0.265 e. The molecule has 0 aliphatic rings. The van der Waals surface area contributed by atoms with Crippen LogP contribution in [0.2, 0.25) is 4.34 Å². The Hall–Kier alpha value is -1.80. The summed E-state index contributed by atoms with van der Waals surface area (Å²) in [6, 6.07) is 9.06. The van der Waals surface area contributed by atoms with Crippen LogP contribution in [-0.4, -0.2) is 12.5 Å². The number of rotatable bonds is 2. The fourth-order valence-electron chi connectivity index (χ4n) is 1.61. The van der Waals surface area contributed by atoms with Gasteiger partial charge in [0.2, 0.25) is 0 Å². The van der Waals surface area contributed by atoms with Gasteiger partial charge >= 0.3 is 0 Å². The van der Waals surface area contributed by atoms with Crippen LogP contribution in [0.4, 0.5) is 5.69 Å². The Bertz CT molecular complexity index is 697. The van der Waals surface area contributed by atoms with Crippen molar-refractivity contribution in [2.75, 3.05) is 11.9 Å². The van der Waals surface area contributed by atoms with E-state index in [9.17, 15) is 4.79 Å². The van der Waals surface area contributed by atoms with Crippen LogP contribution in [-0.2, 0) is 0 Å². The van der Waals surface area contributed by atoms with Crippen LogP contribution in [0.15, 0.2) is 30.3 Å². The highest BCUT2D eigenvalue weighted by molar-refractivity contribution is 7.18. The Labute approximate surface area is 126 Å². The van der Waals surface area contributed by atoms with E-state index in [0.29, 0.717) is 15.8 Å². The maximum Gasteiger partial charge on any atom is 0.265 e. The summed E-state index contributed by atoms with van der Waals surface area (Å²) in [6.45, 7) is 2.24. The van der Waals surface area contributed by atoms with Gasteiger partial charge in [-0.1, -0.05) is 29.5 Å². The summed E-state index contributed by atoms with van der Waals surface area (Å²) in [5.74, 6) is 5.56. The van der Waals surface area contributed by atoms with Crippen molar-refractivity contribution < 1.29 is 4.79 Å². The third kappa shape index (κ3) is 3.61. The third-order valence-corrected chi connectivity index (χ3v) is 3.85. The highest BCUT2D eigenvalue weighted by atomic mass is 35.5. The van der Waals surface area contributed by atoms with E-state index in [1.807, 2.05) is 25.1 Å². The third-order valence-electron chi connectivity index (χ3n) is 2.62. The lowest BCUT2D eigenvalue weighted by Crippen LogP contribution is -2.11. The van der Waals surface area contributed by atoms with Gasteiger partial charge in [0.15, 0.2) is 0 Å². The first-order chi connectivity index (χ1) is 9.60. The molecule has 1 aromatic heterocycles. The number of anilines is 1. The van der Waals surface area contributed by atoms with Gasteiger partial charge in [0.25, 0.3) is 5.91 Å². The van der Waals surface area contributed by atoms with Crippen LogP contribution in [0.5, 0.6) is 0 Å². The number of thiophene rings is 1. The molecule has 1 heterocycles. The zero-order chi connectivity index (χ0) is 14.5. The van der Waals surface area contributed by atoms with E-state index in [0.717, 1.165) is 16.8 Å². The maximum atomic E-state index is 12.1. The second-order valence-electron chi connectivity index (χ2n) is 4.09. The molecule has 2 aromatic rings. The number of benzene rings is 1. The van der Waals surface area contributed by atoms with Gasteiger partial charge < -0.3 is 11.1 Å². The van der Waals surface area contributed by atoms with Crippen LogP contribution in [0.1, 0.15) is 20.8 Å². The Morgan fingerprint density at radius 2 is 2.20 bits per heavy atom. The summed E-state index contributed by atoms with van der Waals surface area (Å²) in [5.41, 5.74) is 7.88. The minimum absolute atomic E-state index is 0.172. The number of hydrogen-bond donors (Lipinski definition) is 2. The monoisotopic (exact) mass is 304 g/mol. The van der Waals surface area contributed by atoms with E-state index in [1.54, 1.807) is 12.1 Å². The summed E-state index contributed by atoms with van der Waals surface area (Å²) in [4.78, 5) is 12.7. The van der Waals surface area contributed by atoms with E-state index in [2.05, 4.69) is 17.2 Å². The number of nitrogens with one attached hydrogen (secondary N) is 1. The van der Waals surface area contributed by atoms with Gasteiger partial charge in [-0.25, -0.2) is 0 Å². The molecule has 3 nitrogen and oxygen atoms in total. The van der Waals surface area contributed by atoms with Crippen molar-refractivity contribution in [3.63, 3.8) is 0 Å². The molecule has 0 saturated carbocycles. The van der Waals surface area contributed by atoms with Crippen molar-refractivity contribution in [2.24, 2.45) is 5.73 Å². The summed E-state index contributed by atoms with van der Waals surface area (Å²) < 4.78 is 0.592. The summed E-state index contributed by atoms with van der Waals surface area (Å²) >= 11 is 7.08. The molecule has 3 N–H and O–H groups in total. The Kier molecular flexibility index (Phi) is 4.80. The number of hydrogen-bond acceptors (Lipinski definition) is 3. The molecular weight excluding hydrogens is 292 g/mol. The van der Waals surface area contributed by atoms with E-state index in [4.69, 9.17) is 17.3 Å². The van der Waals surface area contributed by atoms with Gasteiger partial charge in [0.05, 0.1) is 15.8 Å². The van der Waals surface area contributed by atoms with Crippen molar-refractivity contribution >= 4 is 34.5 Å². The zero-order valence-electron chi connectivity index (χ0n) is 10.9. The quantitative estimate of drug-likeness (QED) is 0.837. The molecule has 0 aliphatic heterocycles. The SMILES string of the molecule is Cc1ccc(C#CCN)cc1NC(=O)c1ccc(Cl)s1. The molecule has 1 amide bonds. The second kappa shape index (κ2) is 6.58. The van der Waals surface area contributed by atoms with Crippen molar-refractivity contribution in [3.8, 4) is 11.8 Å². The molecule has 20 heavy (non-hydrogen) atoms. The average molecular weight is 305 g/mol. The van der Waals surface area contributed by atoms with Gasteiger partial charge in [0.1, 0.15) is 0 Å². The lowest BCUT2D eigenvalue weighted by Gasteiger charge is -2.07. The Morgan fingerprint density at radius 3 is 2.85 bits per heavy atom. The van der Waals surface area contributed by atoms with Gasteiger partial charge in [-0.2, -0.15) is 0 Å². The Morgan fingerprint density at radius 1 is 1.40 bits per heavy atom. The van der Waals surface area contributed by atoms with Crippen molar-refractivity contribution in [2.45, 2.75) is 6.92 Å². The molecule has 0 fully saturated rings. The van der Waals surface area contributed by atoms with E-state index >= 15 is 0 Å². The standard InChI is InChI=1S/C15H13ClN2OS/c1-10-4-5-11(3-2-8-17)9-12(10)18-15(19)13-6-7-14(16)20-13/h4-7,9H,8,17H2,1H3,(H,18,19). The maximum absolute atomic E-state index is 12.1. The highest BCUT2D eigenvalue weighted by Crippen LogP contribution is 2.23. The van der Waals surface area contributed by atoms with Crippen LogP contribution < -0.4 is 11.1 Å². The van der Waals surface area contributed by atoms with Crippen LogP contribution in [0.3, 0.4) is 0 Å². The number of carbonyl (C=O) groups is 1.